The van der Waals surface area contributed by atoms with E-state index in [1.54, 1.807) is 42.1 Å². The van der Waals surface area contributed by atoms with Crippen molar-refractivity contribution in [2.24, 2.45) is 13.0 Å². The van der Waals surface area contributed by atoms with Crippen LogP contribution in [-0.2, 0) is 33.2 Å². The van der Waals surface area contributed by atoms with Crippen molar-refractivity contribution >= 4 is 48.7 Å². The SMILES string of the molecule is COc1ccc2nc(NC(=O)[C@H](CC3CCCC3)c3ccc(S(=O)(=O)N(CCC(=O)O)Cc4cc(C)n(C)n4)cc3)sc2n1. The van der Waals surface area contributed by atoms with Crippen LogP contribution in [0.15, 0.2) is 47.4 Å². The van der Waals surface area contributed by atoms with Gasteiger partial charge in [-0.1, -0.05) is 49.2 Å². The Morgan fingerprint density at radius 1 is 1.16 bits per heavy atom. The molecular weight excluding hydrogens is 605 g/mol. The van der Waals surface area contributed by atoms with Crippen LogP contribution in [0.2, 0.25) is 0 Å². The molecule has 12 nitrogen and oxygen atoms in total. The first kappa shape index (κ1) is 31.5. The zero-order valence-corrected chi connectivity index (χ0v) is 26.5. The number of hydrogen-bond acceptors (Lipinski definition) is 9. The first-order valence-electron chi connectivity index (χ1n) is 14.5. The number of pyridine rings is 1. The molecule has 14 heteroatoms. The summed E-state index contributed by atoms with van der Waals surface area (Å²) in [6, 6.07) is 11.6. The number of amides is 1. The lowest BCUT2D eigenvalue weighted by Gasteiger charge is -2.22. The summed E-state index contributed by atoms with van der Waals surface area (Å²) < 4.78 is 35.4. The van der Waals surface area contributed by atoms with Gasteiger partial charge in [-0.15, -0.1) is 0 Å². The van der Waals surface area contributed by atoms with Crippen LogP contribution in [0.25, 0.3) is 10.3 Å². The number of rotatable bonds is 13. The predicted molar refractivity (Wildman–Crippen MR) is 166 cm³/mol. The van der Waals surface area contributed by atoms with E-state index in [-0.39, 0.29) is 30.3 Å². The number of hydrogen-bond donors (Lipinski definition) is 2. The van der Waals surface area contributed by atoms with Crippen LogP contribution < -0.4 is 10.1 Å². The molecular formula is C30H36N6O6S2. The van der Waals surface area contributed by atoms with Crippen molar-refractivity contribution in [2.75, 3.05) is 19.0 Å². The van der Waals surface area contributed by atoms with Gasteiger partial charge in [0, 0.05) is 25.4 Å². The van der Waals surface area contributed by atoms with E-state index in [1.807, 2.05) is 6.92 Å². The van der Waals surface area contributed by atoms with Gasteiger partial charge in [-0.2, -0.15) is 9.40 Å². The minimum atomic E-state index is -4.06. The number of aliphatic carboxylic acids is 1. The normalized spacial score (nSPS) is 14.7. The topological polar surface area (TPSA) is 157 Å². The van der Waals surface area contributed by atoms with Crippen LogP contribution in [0.5, 0.6) is 5.88 Å². The molecule has 3 aromatic heterocycles. The number of aryl methyl sites for hydroxylation is 2. The monoisotopic (exact) mass is 640 g/mol. The van der Waals surface area contributed by atoms with Crippen LogP contribution in [0, 0.1) is 12.8 Å². The summed E-state index contributed by atoms with van der Waals surface area (Å²) in [5.74, 6) is -0.966. The zero-order chi connectivity index (χ0) is 31.4. The first-order valence-corrected chi connectivity index (χ1v) is 16.7. The van der Waals surface area contributed by atoms with Crippen LogP contribution >= 0.6 is 11.3 Å². The largest absolute Gasteiger partial charge is 0.481 e. The fraction of sp³-hybridized carbons (Fsp3) is 0.433. The minimum Gasteiger partial charge on any atom is -0.481 e. The predicted octanol–water partition coefficient (Wildman–Crippen LogP) is 4.71. The van der Waals surface area contributed by atoms with E-state index in [0.29, 0.717) is 45.0 Å². The number of methoxy groups -OCH3 is 1. The van der Waals surface area contributed by atoms with Gasteiger partial charge >= 0.3 is 5.97 Å². The molecule has 2 N–H and O–H groups in total. The van der Waals surface area contributed by atoms with E-state index in [1.165, 1.54) is 30.6 Å². The Morgan fingerprint density at radius 2 is 1.89 bits per heavy atom. The van der Waals surface area contributed by atoms with Crippen molar-refractivity contribution in [3.05, 3.63) is 59.4 Å². The van der Waals surface area contributed by atoms with Crippen LogP contribution in [-0.4, -0.2) is 63.1 Å². The van der Waals surface area contributed by atoms with E-state index in [0.717, 1.165) is 35.7 Å². The van der Waals surface area contributed by atoms with Crippen molar-refractivity contribution in [3.8, 4) is 5.88 Å². The lowest BCUT2D eigenvalue weighted by atomic mass is 9.87. The summed E-state index contributed by atoms with van der Waals surface area (Å²) in [5.41, 5.74) is 2.73. The number of benzene rings is 1. The number of ether oxygens (including phenoxy) is 1. The molecule has 1 saturated carbocycles. The molecule has 1 amide bonds. The molecule has 1 aliphatic carbocycles. The van der Waals surface area contributed by atoms with Gasteiger partial charge in [-0.05, 0) is 49.1 Å². The Morgan fingerprint density at radius 3 is 2.52 bits per heavy atom. The molecule has 1 fully saturated rings. The number of anilines is 1. The number of carboxylic acids is 1. The second kappa shape index (κ2) is 13.4. The Balaban J connectivity index is 1.39. The Hall–Kier alpha value is -3.88. The smallest absolute Gasteiger partial charge is 0.304 e. The maximum Gasteiger partial charge on any atom is 0.304 e. The van der Waals surface area contributed by atoms with Gasteiger partial charge in [0.2, 0.25) is 21.8 Å². The molecule has 3 heterocycles. The maximum absolute atomic E-state index is 13.7. The van der Waals surface area contributed by atoms with E-state index < -0.39 is 21.9 Å². The average molecular weight is 641 g/mol. The van der Waals surface area contributed by atoms with Gasteiger partial charge < -0.3 is 15.2 Å². The molecule has 0 saturated heterocycles. The molecule has 234 valence electrons. The van der Waals surface area contributed by atoms with Gasteiger partial charge in [-0.25, -0.2) is 18.4 Å². The standard InChI is InChI=1S/C30H36N6O6S2/c1-19-16-22(34-35(19)2)18-36(15-14-27(37)38)44(40,41)23-10-8-21(9-11-23)24(17-20-6-4-5-7-20)28(39)33-30-31-25-12-13-26(42-3)32-29(25)43-30/h8-13,16,20,24H,4-7,14-15,17-18H2,1-3H3,(H,37,38)(H,31,33,39)/t24-/m1/s1. The van der Waals surface area contributed by atoms with Crippen LogP contribution in [0.1, 0.15) is 61.4 Å². The molecule has 0 bridgehead atoms. The van der Waals surface area contributed by atoms with Gasteiger partial charge in [0.15, 0.2) is 5.13 Å². The van der Waals surface area contributed by atoms with Crippen molar-refractivity contribution < 1.29 is 27.9 Å². The molecule has 1 aliphatic rings. The molecule has 4 aromatic rings. The highest BCUT2D eigenvalue weighted by Crippen LogP contribution is 2.36. The third-order valence-corrected chi connectivity index (χ3v) is 10.8. The Labute approximate surface area is 260 Å². The summed E-state index contributed by atoms with van der Waals surface area (Å²) in [5, 5.41) is 17.0. The molecule has 5 rings (SSSR count). The lowest BCUT2D eigenvalue weighted by Crippen LogP contribution is -2.33. The van der Waals surface area contributed by atoms with Crippen molar-refractivity contribution in [1.82, 2.24) is 24.1 Å². The van der Waals surface area contributed by atoms with E-state index >= 15 is 0 Å². The van der Waals surface area contributed by atoms with Crippen molar-refractivity contribution in [1.29, 1.82) is 0 Å². The molecule has 0 radical (unpaired) electrons. The third-order valence-electron chi connectivity index (χ3n) is 8.03. The fourth-order valence-corrected chi connectivity index (χ4v) is 7.80. The molecule has 0 unspecified atom stereocenters. The summed E-state index contributed by atoms with van der Waals surface area (Å²) in [7, 11) is -0.759. The van der Waals surface area contributed by atoms with E-state index in [9.17, 15) is 23.1 Å². The second-order valence-corrected chi connectivity index (χ2v) is 14.0. The summed E-state index contributed by atoms with van der Waals surface area (Å²) in [6.45, 7) is 1.59. The maximum atomic E-state index is 13.7. The highest BCUT2D eigenvalue weighted by Gasteiger charge is 2.30. The zero-order valence-electron chi connectivity index (χ0n) is 24.9. The number of nitrogens with zero attached hydrogens (tertiary/aromatic N) is 5. The van der Waals surface area contributed by atoms with E-state index in [4.69, 9.17) is 4.74 Å². The second-order valence-electron chi connectivity index (χ2n) is 11.1. The van der Waals surface area contributed by atoms with Gasteiger partial charge in [0.05, 0.1) is 36.6 Å². The van der Waals surface area contributed by atoms with Gasteiger partial charge in [0.1, 0.15) is 10.3 Å². The highest BCUT2D eigenvalue weighted by atomic mass is 32.2. The number of carbonyl (C=O) groups excluding carboxylic acids is 1. The first-order chi connectivity index (χ1) is 21.0. The van der Waals surface area contributed by atoms with Gasteiger partial charge in [-0.3, -0.25) is 14.3 Å². The summed E-state index contributed by atoms with van der Waals surface area (Å²) >= 11 is 1.26. The number of aromatic nitrogens is 4. The molecule has 1 atom stereocenters. The number of nitrogens with one attached hydrogen (secondary N) is 1. The summed E-state index contributed by atoms with van der Waals surface area (Å²) in [6.07, 6.45) is 4.64. The van der Waals surface area contributed by atoms with Crippen molar-refractivity contribution in [2.45, 2.75) is 62.8 Å². The Kier molecular flexibility index (Phi) is 9.61. The van der Waals surface area contributed by atoms with Crippen molar-refractivity contribution in [3.63, 3.8) is 0 Å². The minimum absolute atomic E-state index is 0.0190. The lowest BCUT2D eigenvalue weighted by molar-refractivity contribution is -0.137. The molecule has 0 aliphatic heterocycles. The number of sulfonamides is 1. The van der Waals surface area contributed by atoms with Crippen LogP contribution in [0.4, 0.5) is 5.13 Å². The molecule has 0 spiro atoms. The fourth-order valence-electron chi connectivity index (χ4n) is 5.55. The molecule has 44 heavy (non-hydrogen) atoms. The number of thiazole rings is 1. The summed E-state index contributed by atoms with van der Waals surface area (Å²) in [4.78, 5) is 34.6. The number of carboxylic acid groups (broad SMARTS) is 1. The number of carbonyl (C=O) groups is 2. The number of fused-ring (bicyclic) bond motifs is 1. The molecule has 1 aromatic carbocycles. The third kappa shape index (κ3) is 7.25. The average Bonchev–Trinajstić information content (AvgIpc) is 3.73. The Bertz CT molecular complexity index is 1730. The quantitative estimate of drug-likeness (QED) is 0.211. The van der Waals surface area contributed by atoms with Crippen LogP contribution in [0.3, 0.4) is 0 Å². The highest BCUT2D eigenvalue weighted by molar-refractivity contribution is 7.89. The van der Waals surface area contributed by atoms with E-state index in [2.05, 4.69) is 20.4 Å². The van der Waals surface area contributed by atoms with Gasteiger partial charge in [0.25, 0.3) is 0 Å².